The number of ether oxygens (including phenoxy) is 3. The van der Waals surface area contributed by atoms with E-state index in [9.17, 15) is 4.79 Å². The monoisotopic (exact) mass is 276 g/mol. The van der Waals surface area contributed by atoms with Crippen molar-refractivity contribution in [3.8, 4) is 17.8 Å². The molecule has 20 heavy (non-hydrogen) atoms. The fourth-order valence-corrected chi connectivity index (χ4v) is 1.85. The molecule has 1 heterocycles. The Hall–Kier alpha value is -2.37. The minimum Gasteiger partial charge on any atom is -0.481 e. The molecular formula is C14H16N2O4. The molecule has 2 rings (SSSR count). The molecule has 0 fully saturated rings. The number of nitrogens with zero attached hydrogens (tertiary/aromatic N) is 2. The molecule has 0 spiro atoms. The first-order valence-electron chi connectivity index (χ1n) is 6.08. The average molecular weight is 276 g/mol. The van der Waals surface area contributed by atoms with Crippen LogP contribution in [-0.2, 0) is 4.79 Å². The molecule has 6 heteroatoms. The molecule has 1 aliphatic carbocycles. The van der Waals surface area contributed by atoms with Crippen LogP contribution in [0.4, 0.5) is 0 Å². The van der Waals surface area contributed by atoms with E-state index in [1.54, 1.807) is 31.2 Å². The lowest BCUT2D eigenvalue weighted by molar-refractivity contribution is -0.113. The van der Waals surface area contributed by atoms with Gasteiger partial charge in [-0.15, -0.1) is 0 Å². The second-order valence-electron chi connectivity index (χ2n) is 4.43. The number of rotatable bonds is 5. The molecule has 6 nitrogen and oxygen atoms in total. The van der Waals surface area contributed by atoms with E-state index in [1.165, 1.54) is 14.2 Å². The Morgan fingerprint density at radius 1 is 1.20 bits per heavy atom. The van der Waals surface area contributed by atoms with Gasteiger partial charge < -0.3 is 19.0 Å². The van der Waals surface area contributed by atoms with E-state index in [-0.39, 0.29) is 6.01 Å². The van der Waals surface area contributed by atoms with Crippen molar-refractivity contribution in [3.63, 3.8) is 0 Å². The zero-order valence-corrected chi connectivity index (χ0v) is 11.6. The average Bonchev–Trinajstić information content (AvgIpc) is 2.46. The minimum atomic E-state index is -0.839. The summed E-state index contributed by atoms with van der Waals surface area (Å²) in [6.07, 6.45) is 8.01. The Morgan fingerprint density at radius 3 is 2.40 bits per heavy atom. The van der Waals surface area contributed by atoms with Crippen molar-refractivity contribution in [3.05, 3.63) is 30.4 Å². The first-order valence-corrected chi connectivity index (χ1v) is 6.08. The van der Waals surface area contributed by atoms with Gasteiger partial charge in [-0.1, -0.05) is 18.2 Å². The Balaban J connectivity index is 2.30. The van der Waals surface area contributed by atoms with Gasteiger partial charge in [0.15, 0.2) is 0 Å². The predicted molar refractivity (Wildman–Crippen MR) is 72.0 cm³/mol. The van der Waals surface area contributed by atoms with Crippen LogP contribution >= 0.6 is 0 Å². The third-order valence-corrected chi connectivity index (χ3v) is 3.05. The summed E-state index contributed by atoms with van der Waals surface area (Å²) in [5.74, 6) is 0.246. The fraction of sp³-hybridized carbons (Fsp3) is 0.357. The highest BCUT2D eigenvalue weighted by Crippen LogP contribution is 2.29. The third kappa shape index (κ3) is 2.79. The maximum Gasteiger partial charge on any atom is 0.323 e. The molecule has 1 aromatic heterocycles. The smallest absolute Gasteiger partial charge is 0.323 e. The van der Waals surface area contributed by atoms with Gasteiger partial charge in [0.1, 0.15) is 11.9 Å². The number of aromatic nitrogens is 2. The van der Waals surface area contributed by atoms with Crippen LogP contribution < -0.4 is 14.2 Å². The highest BCUT2D eigenvalue weighted by Gasteiger charge is 2.34. The Labute approximate surface area is 117 Å². The van der Waals surface area contributed by atoms with Gasteiger partial charge in [-0.25, -0.2) is 0 Å². The van der Waals surface area contributed by atoms with Gasteiger partial charge in [0.25, 0.3) is 0 Å². The summed E-state index contributed by atoms with van der Waals surface area (Å²) >= 11 is 0. The molecule has 0 aliphatic heterocycles. The van der Waals surface area contributed by atoms with Crippen LogP contribution in [-0.4, -0.2) is 36.1 Å². The molecule has 0 N–H and O–H groups in total. The van der Waals surface area contributed by atoms with Crippen LogP contribution in [0, 0.1) is 5.92 Å². The summed E-state index contributed by atoms with van der Waals surface area (Å²) in [5, 5.41) is 0. The van der Waals surface area contributed by atoms with Gasteiger partial charge >= 0.3 is 6.01 Å². The number of aldehydes is 1. The molecule has 0 radical (unpaired) electrons. The molecule has 2 atom stereocenters. The Kier molecular flexibility index (Phi) is 4.02. The lowest BCUT2D eigenvalue weighted by atomic mass is 9.86. The van der Waals surface area contributed by atoms with Crippen LogP contribution in [0.15, 0.2) is 30.4 Å². The van der Waals surface area contributed by atoms with E-state index in [4.69, 9.17) is 14.2 Å². The quantitative estimate of drug-likeness (QED) is 0.760. The van der Waals surface area contributed by atoms with Gasteiger partial charge in [0.2, 0.25) is 11.8 Å². The molecular weight excluding hydrogens is 260 g/mol. The van der Waals surface area contributed by atoms with Gasteiger partial charge in [-0.2, -0.15) is 9.97 Å². The maximum absolute atomic E-state index is 11.2. The lowest BCUT2D eigenvalue weighted by Gasteiger charge is -2.31. The number of allylic oxidation sites excluding steroid dienone is 2. The van der Waals surface area contributed by atoms with Crippen LogP contribution in [0.5, 0.6) is 17.8 Å². The predicted octanol–water partition coefficient (Wildman–Crippen LogP) is 1.57. The van der Waals surface area contributed by atoms with Crippen molar-refractivity contribution in [1.82, 2.24) is 9.97 Å². The van der Waals surface area contributed by atoms with E-state index >= 15 is 0 Å². The molecule has 106 valence electrons. The molecule has 1 aliphatic rings. The first-order chi connectivity index (χ1) is 9.61. The number of carbonyl (C=O) groups is 1. The van der Waals surface area contributed by atoms with Gasteiger partial charge in [0.05, 0.1) is 26.2 Å². The second-order valence-corrected chi connectivity index (χ2v) is 4.43. The molecule has 0 bridgehead atoms. The standard InChI is InChI=1S/C14H16N2O4/c1-14(7-5-4-6-10(14)9-17)20-13-15-11(18-2)8-12(16-13)19-3/h4-10H,1-3H3. The van der Waals surface area contributed by atoms with Crippen molar-refractivity contribution in [2.45, 2.75) is 12.5 Å². The fourth-order valence-electron chi connectivity index (χ4n) is 1.85. The van der Waals surface area contributed by atoms with Crippen LogP contribution in [0.2, 0.25) is 0 Å². The van der Waals surface area contributed by atoms with Gasteiger partial charge in [-0.3, -0.25) is 0 Å². The number of hydrogen-bond acceptors (Lipinski definition) is 6. The van der Waals surface area contributed by atoms with Crippen LogP contribution in [0.3, 0.4) is 0 Å². The molecule has 1 aromatic rings. The van der Waals surface area contributed by atoms with Crippen molar-refractivity contribution in [1.29, 1.82) is 0 Å². The summed E-state index contributed by atoms with van der Waals surface area (Å²) in [6.45, 7) is 1.79. The zero-order chi connectivity index (χ0) is 14.6. The van der Waals surface area contributed by atoms with Crippen LogP contribution in [0.1, 0.15) is 6.92 Å². The zero-order valence-electron chi connectivity index (χ0n) is 11.6. The van der Waals surface area contributed by atoms with Crippen LogP contribution in [0.25, 0.3) is 0 Å². The normalized spacial score (nSPS) is 24.2. The second kappa shape index (κ2) is 5.73. The number of hydrogen-bond donors (Lipinski definition) is 0. The topological polar surface area (TPSA) is 70.5 Å². The van der Waals surface area contributed by atoms with E-state index in [1.807, 2.05) is 6.08 Å². The Morgan fingerprint density at radius 2 is 1.85 bits per heavy atom. The van der Waals surface area contributed by atoms with Crippen molar-refractivity contribution < 1.29 is 19.0 Å². The molecule has 0 saturated carbocycles. The van der Waals surface area contributed by atoms with Gasteiger partial charge in [0, 0.05) is 0 Å². The maximum atomic E-state index is 11.2. The summed E-state index contributed by atoms with van der Waals surface area (Å²) < 4.78 is 15.9. The van der Waals surface area contributed by atoms with Crippen molar-refractivity contribution in [2.24, 2.45) is 5.92 Å². The van der Waals surface area contributed by atoms with E-state index in [0.29, 0.717) is 11.8 Å². The molecule has 2 unspecified atom stereocenters. The summed E-state index contributed by atoms with van der Waals surface area (Å²) in [4.78, 5) is 19.4. The highest BCUT2D eigenvalue weighted by molar-refractivity contribution is 5.61. The molecule has 0 aromatic carbocycles. The van der Waals surface area contributed by atoms with E-state index in [0.717, 1.165) is 6.29 Å². The SMILES string of the molecule is COc1cc(OC)nc(OC2(C)C=CC=CC2C=O)n1. The summed E-state index contributed by atoms with van der Waals surface area (Å²) in [5.41, 5.74) is -0.839. The summed E-state index contributed by atoms with van der Waals surface area (Å²) in [7, 11) is 2.98. The third-order valence-electron chi connectivity index (χ3n) is 3.05. The first kappa shape index (κ1) is 14.0. The van der Waals surface area contributed by atoms with E-state index < -0.39 is 11.5 Å². The van der Waals surface area contributed by atoms with Crippen molar-refractivity contribution in [2.75, 3.05) is 14.2 Å². The van der Waals surface area contributed by atoms with Crippen molar-refractivity contribution >= 4 is 6.29 Å². The molecule has 0 amide bonds. The highest BCUT2D eigenvalue weighted by atomic mass is 16.5. The number of methoxy groups -OCH3 is 2. The summed E-state index contributed by atoms with van der Waals surface area (Å²) in [6, 6.07) is 1.64. The lowest BCUT2D eigenvalue weighted by Crippen LogP contribution is -2.40. The largest absolute Gasteiger partial charge is 0.481 e. The minimum absolute atomic E-state index is 0.0931. The van der Waals surface area contributed by atoms with Gasteiger partial charge in [-0.05, 0) is 13.0 Å². The number of carbonyl (C=O) groups excluding carboxylic acids is 1. The van der Waals surface area contributed by atoms with E-state index in [2.05, 4.69) is 9.97 Å². The molecule has 0 saturated heterocycles. The Bertz CT molecular complexity index is 534.